The van der Waals surface area contributed by atoms with Gasteiger partial charge in [-0.3, -0.25) is 0 Å². The van der Waals surface area contributed by atoms with Crippen LogP contribution in [0.5, 0.6) is 0 Å². The van der Waals surface area contributed by atoms with E-state index in [4.69, 9.17) is 0 Å². The molecule has 288 valence electrons. The third-order valence-corrected chi connectivity index (χ3v) is 12.1. The number of rotatable bonds is 34. The van der Waals surface area contributed by atoms with Gasteiger partial charge in [0.2, 0.25) is 0 Å². The molecule has 0 radical (unpaired) electrons. The van der Waals surface area contributed by atoms with Gasteiger partial charge in [0.15, 0.2) is 0 Å². The van der Waals surface area contributed by atoms with Gasteiger partial charge in [-0.05, 0) is 66.0 Å². The molecular formula is C46H79KO3S. The molecule has 0 aliphatic heterocycles. The number of hydrogen-bond donors (Lipinski definition) is 0. The Balaban J connectivity index is 0.0000130. The minimum absolute atomic E-state index is 0. The minimum Gasteiger partial charge on any atom is -0.744 e. The molecule has 0 atom stereocenters. The van der Waals surface area contributed by atoms with Crippen LogP contribution < -0.4 is 51.4 Å². The van der Waals surface area contributed by atoms with E-state index in [0.717, 1.165) is 49.5 Å². The van der Waals surface area contributed by atoms with E-state index in [-0.39, 0.29) is 56.3 Å². The minimum atomic E-state index is -4.61. The molecule has 0 spiro atoms. The van der Waals surface area contributed by atoms with Crippen molar-refractivity contribution in [3.05, 3.63) is 41.0 Å². The van der Waals surface area contributed by atoms with E-state index in [0.29, 0.717) is 11.8 Å². The second-order valence-corrected chi connectivity index (χ2v) is 16.9. The Kier molecular flexibility index (Phi) is 31.4. The van der Waals surface area contributed by atoms with Crippen LogP contribution in [0.3, 0.4) is 0 Å². The van der Waals surface area contributed by atoms with Gasteiger partial charge in [-0.25, -0.2) is 8.42 Å². The third kappa shape index (κ3) is 21.8. The van der Waals surface area contributed by atoms with Gasteiger partial charge in [0.25, 0.3) is 0 Å². The second-order valence-electron chi connectivity index (χ2n) is 15.6. The molecule has 0 amide bonds. The fourth-order valence-electron chi connectivity index (χ4n) is 8.09. The van der Waals surface area contributed by atoms with Gasteiger partial charge in [-0.1, -0.05) is 218 Å². The van der Waals surface area contributed by atoms with Crippen molar-refractivity contribution in [2.24, 2.45) is 0 Å². The van der Waals surface area contributed by atoms with Crippen molar-refractivity contribution in [2.75, 3.05) is 0 Å². The molecule has 0 aromatic heterocycles. The van der Waals surface area contributed by atoms with Crippen LogP contribution >= 0.6 is 0 Å². The quantitative estimate of drug-likeness (QED) is 0.0406. The van der Waals surface area contributed by atoms with Crippen LogP contribution in [0, 0.1) is 0 Å². The van der Waals surface area contributed by atoms with E-state index in [2.05, 4.69) is 26.8 Å². The van der Waals surface area contributed by atoms with Gasteiger partial charge in [-0.2, -0.15) is 0 Å². The molecule has 0 saturated heterocycles. The predicted octanol–water partition coefficient (Wildman–Crippen LogP) is 12.1. The first-order chi connectivity index (χ1) is 24.5. The average molecular weight is 751 g/mol. The van der Waals surface area contributed by atoms with Crippen LogP contribution in [-0.4, -0.2) is 13.0 Å². The normalized spacial score (nSPS) is 11.8. The first kappa shape index (κ1) is 49.3. The van der Waals surface area contributed by atoms with Crippen molar-refractivity contribution >= 4 is 20.9 Å². The summed E-state index contributed by atoms with van der Waals surface area (Å²) < 4.78 is 39.1. The van der Waals surface area contributed by atoms with E-state index >= 15 is 0 Å². The van der Waals surface area contributed by atoms with Gasteiger partial charge >= 0.3 is 51.4 Å². The zero-order chi connectivity index (χ0) is 36.1. The third-order valence-electron chi connectivity index (χ3n) is 11.1. The van der Waals surface area contributed by atoms with E-state index in [1.165, 1.54) is 178 Å². The molecule has 51 heavy (non-hydrogen) atoms. The number of unbranched alkanes of at least 4 members (excludes halogenated alkanes) is 27. The summed E-state index contributed by atoms with van der Waals surface area (Å²) in [4.78, 5) is 0.0953. The summed E-state index contributed by atoms with van der Waals surface area (Å²) >= 11 is 0. The van der Waals surface area contributed by atoms with Gasteiger partial charge in [0.05, 0.1) is 4.90 Å². The van der Waals surface area contributed by atoms with Gasteiger partial charge in [-0.15, -0.1) is 0 Å². The summed E-state index contributed by atoms with van der Waals surface area (Å²) in [6.07, 6.45) is 41.0. The van der Waals surface area contributed by atoms with Crippen LogP contribution in [-0.2, 0) is 29.4 Å². The molecule has 0 saturated carbocycles. The fraction of sp³-hybridized carbons (Fsp3) is 0.783. The molecule has 0 bridgehead atoms. The van der Waals surface area contributed by atoms with Crippen molar-refractivity contribution in [3.8, 4) is 0 Å². The molecule has 5 heteroatoms. The number of benzene rings is 2. The second kappa shape index (κ2) is 32.5. The van der Waals surface area contributed by atoms with Crippen LogP contribution in [0.25, 0.3) is 10.8 Å². The summed E-state index contributed by atoms with van der Waals surface area (Å²) in [6, 6.07) is 7.92. The van der Waals surface area contributed by atoms with Gasteiger partial charge in [0.1, 0.15) is 10.1 Å². The number of aryl methyl sites for hydroxylation is 1. The van der Waals surface area contributed by atoms with Crippen LogP contribution in [0.2, 0.25) is 0 Å². The van der Waals surface area contributed by atoms with Crippen molar-refractivity contribution in [2.45, 2.75) is 238 Å². The molecule has 0 aliphatic rings. The van der Waals surface area contributed by atoms with Crippen molar-refractivity contribution in [1.29, 1.82) is 0 Å². The molecule has 0 aliphatic carbocycles. The number of hydrogen-bond acceptors (Lipinski definition) is 3. The molecule has 2 rings (SSSR count). The molecular weight excluding hydrogens is 672 g/mol. The number of fused-ring (bicyclic) bond motifs is 1. The summed E-state index contributed by atoms with van der Waals surface area (Å²) in [5, 5.41) is 1.67. The zero-order valence-corrected chi connectivity index (χ0v) is 38.2. The van der Waals surface area contributed by atoms with Crippen LogP contribution in [0.15, 0.2) is 29.2 Å². The maximum Gasteiger partial charge on any atom is 1.00 e. The summed E-state index contributed by atoms with van der Waals surface area (Å²) in [5.41, 5.74) is 3.42. The first-order valence-electron chi connectivity index (χ1n) is 22.0. The predicted molar refractivity (Wildman–Crippen MR) is 219 cm³/mol. The smallest absolute Gasteiger partial charge is 0.744 e. The maximum atomic E-state index is 13.0. The molecule has 2 aromatic rings. The Morgan fingerprint density at radius 3 is 1.00 bits per heavy atom. The molecule has 3 nitrogen and oxygen atoms in total. The molecule has 0 unspecified atom stereocenters. The Morgan fingerprint density at radius 2 is 0.667 bits per heavy atom. The average Bonchev–Trinajstić information content (AvgIpc) is 3.10. The Hall–Kier alpha value is 0.246. The Morgan fingerprint density at radius 1 is 0.392 bits per heavy atom. The van der Waals surface area contributed by atoms with Gasteiger partial charge < -0.3 is 4.55 Å². The van der Waals surface area contributed by atoms with Crippen molar-refractivity contribution in [3.63, 3.8) is 0 Å². The van der Waals surface area contributed by atoms with E-state index in [1.807, 2.05) is 18.2 Å². The summed E-state index contributed by atoms with van der Waals surface area (Å²) in [7, 11) is -4.61. The van der Waals surface area contributed by atoms with Crippen molar-refractivity contribution in [1.82, 2.24) is 0 Å². The van der Waals surface area contributed by atoms with Gasteiger partial charge in [0, 0.05) is 0 Å². The summed E-state index contributed by atoms with van der Waals surface area (Å²) in [6.45, 7) is 6.82. The SMILES string of the molecule is CCCCCCCCCCCCc1c(CCCCCCCCCCCC)c(S(=O)(=O)[O-])c2ccccc2c1CCCCCCCCCCCC.[K+]. The van der Waals surface area contributed by atoms with Crippen LogP contribution in [0.1, 0.15) is 230 Å². The molecule has 0 fully saturated rings. The Labute approximate surface area is 360 Å². The standard InChI is InChI=1S/C46H80O3S.K/c1-4-7-10-13-16-19-22-25-28-31-36-41-42(37-32-29-26-23-20-17-14-11-8-5-2)44(39-33-30-27-24-21-18-15-12-9-6-3)46(50(47,48)49)45-40-35-34-38-43(41)45;/h34-35,38,40H,4-33,36-37,39H2,1-3H3,(H,47,48,49);/q;+1/p-1. The molecule has 0 heterocycles. The Bertz CT molecular complexity index is 1220. The maximum absolute atomic E-state index is 13.0. The van der Waals surface area contributed by atoms with Crippen molar-refractivity contribution < 1.29 is 64.4 Å². The monoisotopic (exact) mass is 751 g/mol. The topological polar surface area (TPSA) is 57.2 Å². The van der Waals surface area contributed by atoms with E-state index in [9.17, 15) is 13.0 Å². The van der Waals surface area contributed by atoms with E-state index in [1.54, 1.807) is 0 Å². The van der Waals surface area contributed by atoms with Crippen LogP contribution in [0.4, 0.5) is 0 Å². The zero-order valence-electron chi connectivity index (χ0n) is 34.3. The largest absolute Gasteiger partial charge is 1.00 e. The van der Waals surface area contributed by atoms with E-state index < -0.39 is 10.1 Å². The molecule has 0 N–H and O–H groups in total. The molecule has 2 aromatic carbocycles. The summed E-state index contributed by atoms with van der Waals surface area (Å²) in [5.74, 6) is 0. The fourth-order valence-corrected chi connectivity index (χ4v) is 9.07. The first-order valence-corrected chi connectivity index (χ1v) is 23.4.